The van der Waals surface area contributed by atoms with Gasteiger partial charge < -0.3 is 43.4 Å². The number of carboxylic acids is 1. The Labute approximate surface area is 209 Å². The Morgan fingerprint density at radius 2 is 1.53 bits per heavy atom. The van der Waals surface area contributed by atoms with Gasteiger partial charge in [-0.3, -0.25) is 19.2 Å². The van der Waals surface area contributed by atoms with Gasteiger partial charge in [-0.1, -0.05) is 30.3 Å². The van der Waals surface area contributed by atoms with E-state index in [0.29, 0.717) is 24.9 Å². The largest absolute Gasteiger partial charge is 0.480 e. The van der Waals surface area contributed by atoms with Gasteiger partial charge in [0, 0.05) is 6.42 Å². The molecular weight excluding hydrogens is 472 g/mol. The second-order valence-corrected chi connectivity index (χ2v) is 8.44. The number of nitrogens with two attached hydrogens (primary N) is 3. The number of rotatable bonds is 16. The van der Waals surface area contributed by atoms with E-state index in [1.807, 2.05) is 0 Å². The maximum Gasteiger partial charge on any atom is 0.326 e. The number of amides is 4. The average Bonchev–Trinajstić information content (AvgIpc) is 2.81. The molecule has 36 heavy (non-hydrogen) atoms. The highest BCUT2D eigenvalue weighted by molar-refractivity contribution is 5.95. The normalized spacial score (nSPS) is 15.0. The molecule has 0 saturated carbocycles. The van der Waals surface area contributed by atoms with E-state index in [2.05, 4.69) is 16.0 Å². The predicted octanol–water partition coefficient (Wildman–Crippen LogP) is -2.52. The standard InChI is InChI=1S/C23H36N6O7/c1-13(30)19(22(34)27-16(23(35)36)9-5-6-10-24)29-21(33)17(11-14-7-3-2-4-8-14)28-20(32)15(25)12-18(26)31/h2-4,7-8,13,15-17,19,30H,5-6,9-12,24-25H2,1H3,(H2,26,31)(H,27,34)(H,28,32)(H,29,33)(H,35,36). The number of carbonyl (C=O) groups is 5. The quantitative estimate of drug-likeness (QED) is 0.110. The monoisotopic (exact) mass is 508 g/mol. The lowest BCUT2D eigenvalue weighted by molar-refractivity contribution is -0.143. The lowest BCUT2D eigenvalue weighted by atomic mass is 10.0. The number of hydrogen-bond acceptors (Lipinski definition) is 8. The number of benzene rings is 1. The Hall–Kier alpha value is -3.55. The number of primary amides is 1. The van der Waals surface area contributed by atoms with Crippen molar-refractivity contribution >= 4 is 29.6 Å². The maximum absolute atomic E-state index is 13.1. The third kappa shape index (κ3) is 10.8. The zero-order chi connectivity index (χ0) is 27.3. The first kappa shape index (κ1) is 30.5. The number of unbranched alkanes of at least 4 members (excludes halogenated alkanes) is 1. The summed E-state index contributed by atoms with van der Waals surface area (Å²) in [5.41, 5.74) is 16.8. The van der Waals surface area contributed by atoms with Crippen LogP contribution in [0, 0.1) is 0 Å². The van der Waals surface area contributed by atoms with E-state index in [1.54, 1.807) is 30.3 Å². The summed E-state index contributed by atoms with van der Waals surface area (Å²) in [5, 5.41) is 26.7. The summed E-state index contributed by atoms with van der Waals surface area (Å²) in [6, 6.07) is 3.38. The fraction of sp³-hybridized carbons (Fsp3) is 0.522. The number of hydrogen-bond donors (Lipinski definition) is 8. The Kier molecular flexibility index (Phi) is 13.1. The number of carboxylic acid groups (broad SMARTS) is 1. The average molecular weight is 509 g/mol. The summed E-state index contributed by atoms with van der Waals surface area (Å²) in [4.78, 5) is 61.0. The summed E-state index contributed by atoms with van der Waals surface area (Å²) in [5.74, 6) is -4.61. The fourth-order valence-corrected chi connectivity index (χ4v) is 3.32. The minimum absolute atomic E-state index is 0.00664. The number of aliphatic carboxylic acids is 1. The van der Waals surface area contributed by atoms with Crippen LogP contribution in [0.25, 0.3) is 0 Å². The minimum atomic E-state index is -1.51. The van der Waals surface area contributed by atoms with Crippen LogP contribution >= 0.6 is 0 Å². The Balaban J connectivity index is 3.03. The van der Waals surface area contributed by atoms with Gasteiger partial charge in [0.2, 0.25) is 23.6 Å². The van der Waals surface area contributed by atoms with Crippen LogP contribution in [0.15, 0.2) is 30.3 Å². The number of carbonyl (C=O) groups excluding carboxylic acids is 4. The van der Waals surface area contributed by atoms with Crippen LogP contribution < -0.4 is 33.2 Å². The van der Waals surface area contributed by atoms with Crippen LogP contribution in [0.5, 0.6) is 0 Å². The maximum atomic E-state index is 13.1. The zero-order valence-electron chi connectivity index (χ0n) is 20.2. The summed E-state index contributed by atoms with van der Waals surface area (Å²) in [6.45, 7) is 1.62. The summed E-state index contributed by atoms with van der Waals surface area (Å²) >= 11 is 0. The van der Waals surface area contributed by atoms with Gasteiger partial charge >= 0.3 is 5.97 Å². The summed E-state index contributed by atoms with van der Waals surface area (Å²) in [7, 11) is 0. The highest BCUT2D eigenvalue weighted by Crippen LogP contribution is 2.07. The van der Waals surface area contributed by atoms with Crippen LogP contribution in [0.3, 0.4) is 0 Å². The Morgan fingerprint density at radius 1 is 0.917 bits per heavy atom. The number of aliphatic hydroxyl groups excluding tert-OH is 1. The molecule has 0 spiro atoms. The lowest BCUT2D eigenvalue weighted by Crippen LogP contribution is -2.60. The molecular formula is C23H36N6O7. The van der Waals surface area contributed by atoms with Gasteiger partial charge in [0.1, 0.15) is 18.1 Å². The molecule has 0 aromatic heterocycles. The van der Waals surface area contributed by atoms with Crippen molar-refractivity contribution in [1.82, 2.24) is 16.0 Å². The van der Waals surface area contributed by atoms with Crippen LogP contribution in [0.2, 0.25) is 0 Å². The zero-order valence-corrected chi connectivity index (χ0v) is 20.2. The van der Waals surface area contributed by atoms with Crippen molar-refractivity contribution < 1.29 is 34.2 Å². The van der Waals surface area contributed by atoms with Gasteiger partial charge in [-0.25, -0.2) is 4.79 Å². The van der Waals surface area contributed by atoms with Crippen LogP contribution in [-0.2, 0) is 30.4 Å². The first-order chi connectivity index (χ1) is 17.0. The first-order valence-corrected chi connectivity index (χ1v) is 11.6. The van der Waals surface area contributed by atoms with Crippen LogP contribution in [-0.4, -0.2) is 76.6 Å². The molecule has 0 radical (unpaired) electrons. The van der Waals surface area contributed by atoms with Crippen molar-refractivity contribution in [2.45, 2.75) is 69.3 Å². The third-order valence-electron chi connectivity index (χ3n) is 5.30. The molecule has 0 fully saturated rings. The third-order valence-corrected chi connectivity index (χ3v) is 5.30. The number of nitrogens with one attached hydrogen (secondary N) is 3. The van der Waals surface area contributed by atoms with E-state index in [1.165, 1.54) is 6.92 Å². The van der Waals surface area contributed by atoms with Crippen molar-refractivity contribution in [3.05, 3.63) is 35.9 Å². The van der Waals surface area contributed by atoms with Crippen molar-refractivity contribution in [3.63, 3.8) is 0 Å². The molecule has 0 saturated heterocycles. The summed E-state index contributed by atoms with van der Waals surface area (Å²) in [6.07, 6.45) is -0.691. The second-order valence-electron chi connectivity index (χ2n) is 8.44. The van der Waals surface area contributed by atoms with E-state index in [0.717, 1.165) is 0 Å². The Morgan fingerprint density at radius 3 is 2.06 bits per heavy atom. The van der Waals surface area contributed by atoms with Gasteiger partial charge in [0.05, 0.1) is 18.6 Å². The fourth-order valence-electron chi connectivity index (χ4n) is 3.32. The lowest BCUT2D eigenvalue weighted by Gasteiger charge is -2.26. The van der Waals surface area contributed by atoms with Crippen molar-refractivity contribution in [2.24, 2.45) is 17.2 Å². The topological polar surface area (TPSA) is 240 Å². The molecule has 1 rings (SSSR count). The van der Waals surface area contributed by atoms with Crippen molar-refractivity contribution in [1.29, 1.82) is 0 Å². The van der Waals surface area contributed by atoms with E-state index < -0.39 is 66.3 Å². The van der Waals surface area contributed by atoms with E-state index in [4.69, 9.17) is 17.2 Å². The van der Waals surface area contributed by atoms with Crippen LogP contribution in [0.1, 0.15) is 38.2 Å². The van der Waals surface area contributed by atoms with Gasteiger partial charge in [0.25, 0.3) is 0 Å². The molecule has 1 aromatic carbocycles. The van der Waals surface area contributed by atoms with Crippen LogP contribution in [0.4, 0.5) is 0 Å². The number of aliphatic hydroxyl groups is 1. The second kappa shape index (κ2) is 15.4. The molecule has 1 aromatic rings. The van der Waals surface area contributed by atoms with Crippen molar-refractivity contribution in [3.8, 4) is 0 Å². The molecule has 0 bridgehead atoms. The Bertz CT molecular complexity index is 896. The molecule has 0 aliphatic carbocycles. The van der Waals surface area contributed by atoms with E-state index in [-0.39, 0.29) is 12.8 Å². The van der Waals surface area contributed by atoms with Gasteiger partial charge in [-0.2, -0.15) is 0 Å². The molecule has 11 N–H and O–H groups in total. The predicted molar refractivity (Wildman–Crippen MR) is 130 cm³/mol. The highest BCUT2D eigenvalue weighted by Gasteiger charge is 2.32. The highest BCUT2D eigenvalue weighted by atomic mass is 16.4. The SMILES string of the molecule is CC(O)C(NC(=O)C(Cc1ccccc1)NC(=O)C(N)CC(N)=O)C(=O)NC(CCCCN)C(=O)O. The van der Waals surface area contributed by atoms with E-state index in [9.17, 15) is 34.2 Å². The molecule has 0 aliphatic rings. The molecule has 5 atom stereocenters. The molecule has 4 amide bonds. The first-order valence-electron chi connectivity index (χ1n) is 11.6. The molecule has 200 valence electrons. The summed E-state index contributed by atoms with van der Waals surface area (Å²) < 4.78 is 0. The van der Waals surface area contributed by atoms with Gasteiger partial charge in [-0.15, -0.1) is 0 Å². The van der Waals surface area contributed by atoms with E-state index >= 15 is 0 Å². The smallest absolute Gasteiger partial charge is 0.326 e. The minimum Gasteiger partial charge on any atom is -0.480 e. The molecule has 0 heterocycles. The molecule has 0 aliphatic heterocycles. The van der Waals surface area contributed by atoms with Gasteiger partial charge in [-0.05, 0) is 38.3 Å². The molecule has 13 nitrogen and oxygen atoms in total. The molecule has 13 heteroatoms. The van der Waals surface area contributed by atoms with Crippen molar-refractivity contribution in [2.75, 3.05) is 6.54 Å². The van der Waals surface area contributed by atoms with Gasteiger partial charge in [0.15, 0.2) is 0 Å². The molecule has 5 unspecified atom stereocenters.